The molecule has 29 rings (SSSR count). The number of benzene rings is 21. The summed E-state index contributed by atoms with van der Waals surface area (Å²) in [6, 6.07) is 186. The fourth-order valence-corrected chi connectivity index (χ4v) is 28.2. The van der Waals surface area contributed by atoms with Crippen LogP contribution in [0.3, 0.4) is 0 Å². The van der Waals surface area contributed by atoms with E-state index in [4.69, 9.17) is 4.42 Å². The van der Waals surface area contributed by atoms with Gasteiger partial charge in [-0.1, -0.05) is 431 Å². The van der Waals surface area contributed by atoms with Crippen molar-refractivity contribution in [1.29, 1.82) is 0 Å². The molecule has 0 bridgehead atoms. The molecule has 0 aliphatic rings. The van der Waals surface area contributed by atoms with Crippen molar-refractivity contribution in [2.45, 2.75) is 0 Å². The van der Waals surface area contributed by atoms with Crippen LogP contribution in [-0.2, 0) is 0 Å². The minimum absolute atomic E-state index is 0.926. The van der Waals surface area contributed by atoms with Crippen molar-refractivity contribution in [3.63, 3.8) is 0 Å². The molecule has 0 fully saturated rings. The average Bonchev–Trinajstić information content (AvgIpc) is 1.61. The van der Waals surface area contributed by atoms with Gasteiger partial charge in [0.2, 0.25) is 0 Å². The van der Waals surface area contributed by atoms with Crippen LogP contribution >= 0.6 is 68.0 Å². The lowest BCUT2D eigenvalue weighted by Crippen LogP contribution is -1.94. The fourth-order valence-electron chi connectivity index (χ4n) is 20.7. The molecule has 0 aliphatic carbocycles. The Labute approximate surface area is 846 Å². The summed E-state index contributed by atoms with van der Waals surface area (Å²) >= 11 is 11.3. The van der Waals surface area contributed by atoms with E-state index < -0.39 is 0 Å². The highest BCUT2D eigenvalue weighted by atomic mass is 32.1. The van der Waals surface area contributed by atoms with E-state index in [2.05, 4.69) is 508 Å². The van der Waals surface area contributed by atoms with Gasteiger partial charge in [-0.25, -0.2) is 0 Å². The molecule has 0 atom stereocenters. The number of aromatic nitrogens is 1. The van der Waals surface area contributed by atoms with Crippen LogP contribution in [0.5, 0.6) is 0 Å². The topological polar surface area (TPSA) is 18.1 Å². The number of para-hydroxylation sites is 3. The van der Waals surface area contributed by atoms with Crippen molar-refractivity contribution < 1.29 is 4.42 Å². The molecular weight excluding hydrogens is 1830 g/mol. The first kappa shape index (κ1) is 85.9. The minimum atomic E-state index is 0.926. The summed E-state index contributed by atoms with van der Waals surface area (Å²) in [5, 5.41) is 20.7. The van der Waals surface area contributed by atoms with Gasteiger partial charge in [0.1, 0.15) is 11.2 Å². The zero-order chi connectivity index (χ0) is 93.9. The first-order chi connectivity index (χ1) is 70.5. The molecule has 0 saturated heterocycles. The van der Waals surface area contributed by atoms with E-state index in [1.54, 1.807) is 0 Å². The average molecular weight is 1920 g/mol. The van der Waals surface area contributed by atoms with Crippen molar-refractivity contribution in [2.75, 3.05) is 0 Å². The van der Waals surface area contributed by atoms with Crippen molar-refractivity contribution in [3.8, 4) is 134 Å². The molecule has 668 valence electrons. The lowest BCUT2D eigenvalue weighted by atomic mass is 9.94. The van der Waals surface area contributed by atoms with Gasteiger partial charge in [-0.3, -0.25) is 0 Å². The molecule has 0 saturated carbocycles. The van der Waals surface area contributed by atoms with Gasteiger partial charge in [-0.15, -0.1) is 68.0 Å². The van der Waals surface area contributed by atoms with Gasteiger partial charge in [-0.05, 0) is 152 Å². The summed E-state index contributed by atoms with van der Waals surface area (Å²) in [7, 11) is 0. The molecule has 8 heteroatoms. The SMILES string of the molecule is c1ccc(-c2cc3c(cc2-c2sc(-c4ccccc4)c4ccccc24)c2ccccc2n3-c2ccccc2)cc1.c1ccc(-c2cc3c(cc2-c2sc(-c4ccccc4)c4ccccc24)oc2ccccc23)cc1.c1ccc(-c2cc3c(cc2-c2sc(-c4ccccc4)c4ccccc24)sc2ccccc23)cc1.c1ccc(-c2cc3sc4ccccc4c3cc2-c2sc(-c3ccccc3)c3ccccc23)cc1. The van der Waals surface area contributed by atoms with E-state index in [1.165, 1.54) is 239 Å². The van der Waals surface area contributed by atoms with Crippen LogP contribution in [0.4, 0.5) is 0 Å². The Bertz CT molecular complexity index is 9480. The Balaban J connectivity index is 0.0000000972. The highest BCUT2D eigenvalue weighted by Crippen LogP contribution is 2.56. The molecule has 2 nitrogen and oxygen atoms in total. The number of hydrogen-bond acceptors (Lipinski definition) is 7. The minimum Gasteiger partial charge on any atom is -0.456 e. The molecule has 0 radical (unpaired) electrons. The van der Waals surface area contributed by atoms with Crippen LogP contribution in [0.1, 0.15) is 0 Å². The maximum atomic E-state index is 6.31. The predicted octanol–water partition coefficient (Wildman–Crippen LogP) is 41.3. The molecule has 21 aromatic carbocycles. The van der Waals surface area contributed by atoms with E-state index >= 15 is 0 Å². The predicted molar refractivity (Wildman–Crippen MR) is 620 cm³/mol. The second-order valence-corrected chi connectivity index (χ2v) is 42.0. The third-order valence-electron chi connectivity index (χ3n) is 27.3. The van der Waals surface area contributed by atoms with E-state index in [9.17, 15) is 0 Å². The quantitative estimate of drug-likeness (QED) is 0.113. The van der Waals surface area contributed by atoms with Crippen LogP contribution in [0.25, 0.3) is 261 Å². The van der Waals surface area contributed by atoms with Crippen LogP contribution in [0.15, 0.2) is 520 Å². The number of furan rings is 1. The highest BCUT2D eigenvalue weighted by molar-refractivity contribution is 7.26. The molecular formula is C134H85NOS6. The summed E-state index contributed by atoms with van der Waals surface area (Å²) in [6.45, 7) is 0. The van der Waals surface area contributed by atoms with Crippen LogP contribution in [-0.4, -0.2) is 4.57 Å². The Morgan fingerprint density at radius 3 is 0.768 bits per heavy atom. The van der Waals surface area contributed by atoms with Gasteiger partial charge >= 0.3 is 0 Å². The highest BCUT2D eigenvalue weighted by Gasteiger charge is 2.27. The zero-order valence-corrected chi connectivity index (χ0v) is 81.8. The maximum absolute atomic E-state index is 6.31. The Hall–Kier alpha value is -16.5. The summed E-state index contributed by atoms with van der Waals surface area (Å²) in [5.74, 6) is 0. The third-order valence-corrected chi connectivity index (χ3v) is 34.8. The summed E-state index contributed by atoms with van der Waals surface area (Å²) in [6.07, 6.45) is 0. The molecule has 0 amide bonds. The second-order valence-electron chi connectivity index (χ2n) is 35.7. The lowest BCUT2D eigenvalue weighted by molar-refractivity contribution is 0.669. The number of hydrogen-bond donors (Lipinski definition) is 0. The monoisotopic (exact) mass is 1920 g/mol. The Kier molecular flexibility index (Phi) is 22.6. The van der Waals surface area contributed by atoms with Crippen LogP contribution in [0, 0.1) is 0 Å². The largest absolute Gasteiger partial charge is 0.456 e. The van der Waals surface area contributed by atoms with Gasteiger partial charge in [0.25, 0.3) is 0 Å². The van der Waals surface area contributed by atoms with Crippen LogP contribution < -0.4 is 0 Å². The smallest absolute Gasteiger partial charge is 0.136 e. The Morgan fingerprint density at radius 2 is 0.387 bits per heavy atom. The molecule has 29 aromatic rings. The van der Waals surface area contributed by atoms with E-state index in [1.807, 2.05) is 80.2 Å². The number of thiophene rings is 6. The van der Waals surface area contributed by atoms with Gasteiger partial charge in [0, 0.05) is 172 Å². The van der Waals surface area contributed by atoms with Gasteiger partial charge in [0.15, 0.2) is 0 Å². The molecule has 142 heavy (non-hydrogen) atoms. The summed E-state index contributed by atoms with van der Waals surface area (Å²) in [5.41, 5.74) is 25.7. The van der Waals surface area contributed by atoms with Gasteiger partial charge in [0.05, 0.1) is 11.0 Å². The normalized spacial score (nSPS) is 11.5. The van der Waals surface area contributed by atoms with E-state index in [0.717, 1.165) is 21.9 Å². The third kappa shape index (κ3) is 15.7. The number of nitrogens with zero attached hydrogens (tertiary/aromatic N) is 1. The first-order valence-electron chi connectivity index (χ1n) is 48.0. The summed E-state index contributed by atoms with van der Waals surface area (Å²) < 4.78 is 14.1. The van der Waals surface area contributed by atoms with E-state index in [0.29, 0.717) is 0 Å². The molecule has 8 aromatic heterocycles. The number of rotatable bonds is 13. The van der Waals surface area contributed by atoms with Crippen LogP contribution in [0.2, 0.25) is 0 Å². The molecule has 0 unspecified atom stereocenters. The Morgan fingerprint density at radius 1 is 0.134 bits per heavy atom. The fraction of sp³-hybridized carbons (Fsp3) is 0. The zero-order valence-electron chi connectivity index (χ0n) is 76.9. The van der Waals surface area contributed by atoms with Crippen molar-refractivity contribution in [2.24, 2.45) is 0 Å². The van der Waals surface area contributed by atoms with Crippen molar-refractivity contribution in [3.05, 3.63) is 516 Å². The molecule has 8 heterocycles. The standard InChI is InChI=1S/C38H25NS.C32H20OS.2C32H20S2/c1-4-14-26(15-5-1)32-25-36-33(29-20-12-13-23-35(29)39(36)28-18-8-3-9-19-28)24-34(32)38-31-22-11-10-21-30(31)37(40-38)27-16-6-2-7-17-27;1-3-11-21(12-4-1)26-19-27-23-15-9-10-18-29(23)33-30(27)20-28(26)32-25-17-8-7-16-24(25)31(34-32)22-13-5-2-6-14-22;1-3-11-21(12-4-1)26-20-30-27(23-15-9-10-18-29(23)33-30)19-28(26)32-25-17-8-7-16-24(25)31(34-32)22-13-5-2-6-14-22;1-3-11-21(12-4-1)26-19-27-23-15-9-10-18-29(23)33-30(27)20-28(26)32-25-17-8-7-16-24(25)31(34-32)22-13-5-2-6-14-22/h1-25H;3*1-20H. The number of fused-ring (bicyclic) bond motifs is 16. The summed E-state index contributed by atoms with van der Waals surface area (Å²) in [4.78, 5) is 10.6. The van der Waals surface area contributed by atoms with Crippen molar-refractivity contribution in [1.82, 2.24) is 4.57 Å². The molecule has 0 spiro atoms. The maximum Gasteiger partial charge on any atom is 0.136 e. The van der Waals surface area contributed by atoms with E-state index in [-0.39, 0.29) is 0 Å². The first-order valence-corrected chi connectivity index (χ1v) is 52.9. The van der Waals surface area contributed by atoms with Gasteiger partial charge in [-0.2, -0.15) is 0 Å². The van der Waals surface area contributed by atoms with Gasteiger partial charge < -0.3 is 8.98 Å². The second kappa shape index (κ2) is 37.3. The molecule has 0 aliphatic heterocycles. The lowest BCUT2D eigenvalue weighted by Gasteiger charge is -2.13. The van der Waals surface area contributed by atoms with Crippen molar-refractivity contribution >= 4 is 195 Å². The molecule has 0 N–H and O–H groups in total.